The molecule has 0 bridgehead atoms. The molecule has 0 radical (unpaired) electrons. The first-order valence-electron chi connectivity index (χ1n) is 8.50. The molecule has 1 fully saturated rings. The topological polar surface area (TPSA) is 102 Å². The standard InChI is InChI=1S/C17H17BrN8O/c1-11(12-5-20-17(21-6-12)25-3-2-4-25)26-10-13(7-22-26)23-16(27)14-8-19-9-15(18)24-14/h5-11H,2-4H2,1H3,(H,23,27). The Morgan fingerprint density at radius 2 is 1.96 bits per heavy atom. The van der Waals surface area contributed by atoms with E-state index in [2.05, 4.69) is 51.2 Å². The van der Waals surface area contributed by atoms with Gasteiger partial charge in [-0.2, -0.15) is 5.10 Å². The molecule has 3 aromatic rings. The molecule has 1 saturated heterocycles. The summed E-state index contributed by atoms with van der Waals surface area (Å²) in [4.78, 5) is 31.3. The molecule has 9 nitrogen and oxygen atoms in total. The van der Waals surface area contributed by atoms with Crippen LogP contribution in [-0.4, -0.2) is 48.7 Å². The third-order valence-corrected chi connectivity index (χ3v) is 4.76. The first-order valence-corrected chi connectivity index (χ1v) is 9.29. The summed E-state index contributed by atoms with van der Waals surface area (Å²) in [5.74, 6) is 0.416. The van der Waals surface area contributed by atoms with Crippen molar-refractivity contribution in [1.82, 2.24) is 29.7 Å². The minimum absolute atomic E-state index is 0.0632. The quantitative estimate of drug-likeness (QED) is 0.664. The van der Waals surface area contributed by atoms with E-state index >= 15 is 0 Å². The van der Waals surface area contributed by atoms with Crippen molar-refractivity contribution in [2.24, 2.45) is 0 Å². The first kappa shape index (κ1) is 17.5. The molecule has 1 unspecified atom stereocenters. The summed E-state index contributed by atoms with van der Waals surface area (Å²) in [6.07, 6.45) is 11.1. The lowest BCUT2D eigenvalue weighted by Crippen LogP contribution is -2.38. The molecule has 4 heterocycles. The number of carbonyl (C=O) groups is 1. The molecule has 0 spiro atoms. The van der Waals surface area contributed by atoms with E-state index in [0.717, 1.165) is 24.6 Å². The summed E-state index contributed by atoms with van der Waals surface area (Å²) < 4.78 is 2.26. The fourth-order valence-electron chi connectivity index (χ4n) is 2.64. The summed E-state index contributed by atoms with van der Waals surface area (Å²) >= 11 is 3.20. The van der Waals surface area contributed by atoms with Gasteiger partial charge in [0.25, 0.3) is 5.91 Å². The van der Waals surface area contributed by atoms with Crippen LogP contribution in [0.25, 0.3) is 0 Å². The van der Waals surface area contributed by atoms with Crippen molar-refractivity contribution in [3.8, 4) is 0 Å². The van der Waals surface area contributed by atoms with E-state index in [1.165, 1.54) is 18.8 Å². The zero-order valence-electron chi connectivity index (χ0n) is 14.6. The lowest BCUT2D eigenvalue weighted by atomic mass is 10.2. The Balaban J connectivity index is 1.44. The molecule has 0 aliphatic carbocycles. The second-order valence-electron chi connectivity index (χ2n) is 6.22. The predicted molar refractivity (Wildman–Crippen MR) is 103 cm³/mol. The van der Waals surface area contributed by atoms with Gasteiger partial charge in [0, 0.05) is 37.2 Å². The molecule has 27 heavy (non-hydrogen) atoms. The van der Waals surface area contributed by atoms with Crippen LogP contribution in [-0.2, 0) is 0 Å². The third kappa shape index (κ3) is 3.80. The highest BCUT2D eigenvalue weighted by Gasteiger charge is 2.18. The molecule has 10 heteroatoms. The number of hydrogen-bond donors (Lipinski definition) is 1. The molecule has 1 N–H and O–H groups in total. The maximum Gasteiger partial charge on any atom is 0.275 e. The highest BCUT2D eigenvalue weighted by Crippen LogP contribution is 2.21. The molecule has 1 atom stereocenters. The number of anilines is 2. The molecule has 1 aliphatic rings. The van der Waals surface area contributed by atoms with Crippen LogP contribution in [0.5, 0.6) is 0 Å². The van der Waals surface area contributed by atoms with Gasteiger partial charge in [-0.3, -0.25) is 14.5 Å². The van der Waals surface area contributed by atoms with Crippen molar-refractivity contribution in [1.29, 1.82) is 0 Å². The van der Waals surface area contributed by atoms with Gasteiger partial charge in [-0.25, -0.2) is 15.0 Å². The van der Waals surface area contributed by atoms with Crippen molar-refractivity contribution >= 4 is 33.5 Å². The number of nitrogens with zero attached hydrogens (tertiary/aromatic N) is 7. The molecule has 1 aliphatic heterocycles. The molecule has 138 valence electrons. The van der Waals surface area contributed by atoms with Crippen LogP contribution in [0.1, 0.15) is 35.4 Å². The van der Waals surface area contributed by atoms with Gasteiger partial charge in [0.2, 0.25) is 5.95 Å². The Morgan fingerprint density at radius 3 is 2.63 bits per heavy atom. The lowest BCUT2D eigenvalue weighted by molar-refractivity contribution is 0.102. The predicted octanol–water partition coefficient (Wildman–Crippen LogP) is 2.30. The Labute approximate surface area is 164 Å². The fourth-order valence-corrected chi connectivity index (χ4v) is 2.95. The Kier molecular flexibility index (Phi) is 4.80. The van der Waals surface area contributed by atoms with Crippen LogP contribution in [0.2, 0.25) is 0 Å². The number of aromatic nitrogens is 6. The van der Waals surface area contributed by atoms with E-state index in [1.54, 1.807) is 17.1 Å². The molecule has 0 aromatic carbocycles. The van der Waals surface area contributed by atoms with E-state index in [-0.39, 0.29) is 17.6 Å². The Morgan fingerprint density at radius 1 is 1.19 bits per heavy atom. The van der Waals surface area contributed by atoms with Crippen molar-refractivity contribution in [3.63, 3.8) is 0 Å². The van der Waals surface area contributed by atoms with E-state index in [0.29, 0.717) is 10.3 Å². The number of amides is 1. The number of nitrogens with one attached hydrogen (secondary N) is 1. The number of rotatable bonds is 5. The third-order valence-electron chi connectivity index (χ3n) is 4.37. The van der Waals surface area contributed by atoms with Crippen LogP contribution in [0.4, 0.5) is 11.6 Å². The van der Waals surface area contributed by atoms with Crippen molar-refractivity contribution < 1.29 is 4.79 Å². The molecular formula is C17H17BrN8O. The first-order chi connectivity index (χ1) is 13.1. The molecule has 3 aromatic heterocycles. The Hall–Kier alpha value is -2.88. The minimum atomic E-state index is -0.349. The van der Waals surface area contributed by atoms with Crippen LogP contribution >= 0.6 is 15.9 Å². The van der Waals surface area contributed by atoms with Crippen molar-refractivity contribution in [2.75, 3.05) is 23.3 Å². The van der Waals surface area contributed by atoms with Crippen LogP contribution in [0.15, 0.2) is 41.8 Å². The van der Waals surface area contributed by atoms with E-state index in [9.17, 15) is 4.79 Å². The molecule has 4 rings (SSSR count). The van der Waals surface area contributed by atoms with Gasteiger partial charge in [-0.05, 0) is 29.3 Å². The summed E-state index contributed by atoms with van der Waals surface area (Å²) in [5, 5.41) is 7.10. The van der Waals surface area contributed by atoms with Crippen LogP contribution in [0, 0.1) is 0 Å². The van der Waals surface area contributed by atoms with E-state index in [4.69, 9.17) is 0 Å². The number of carbonyl (C=O) groups excluding carboxylic acids is 1. The average Bonchev–Trinajstić information content (AvgIpc) is 3.09. The van der Waals surface area contributed by atoms with Gasteiger partial charge >= 0.3 is 0 Å². The Bertz CT molecular complexity index is 954. The molecular weight excluding hydrogens is 412 g/mol. The number of hydrogen-bond acceptors (Lipinski definition) is 7. The second kappa shape index (κ2) is 7.39. The SMILES string of the molecule is CC(c1cnc(N2CCC2)nc1)n1cc(NC(=O)c2cncc(Br)n2)cn1. The average molecular weight is 429 g/mol. The maximum absolute atomic E-state index is 12.3. The van der Waals surface area contributed by atoms with Crippen molar-refractivity contribution in [2.45, 2.75) is 19.4 Å². The summed E-state index contributed by atoms with van der Waals surface area (Å²) in [6.45, 7) is 4.03. The zero-order chi connectivity index (χ0) is 18.8. The van der Waals surface area contributed by atoms with E-state index in [1.807, 2.05) is 19.3 Å². The summed E-state index contributed by atoms with van der Waals surface area (Å²) in [5.41, 5.74) is 1.74. The monoisotopic (exact) mass is 428 g/mol. The lowest BCUT2D eigenvalue weighted by Gasteiger charge is -2.30. The van der Waals surface area contributed by atoms with Gasteiger partial charge in [-0.15, -0.1) is 0 Å². The summed E-state index contributed by atoms with van der Waals surface area (Å²) in [7, 11) is 0. The van der Waals surface area contributed by atoms with E-state index < -0.39 is 0 Å². The zero-order valence-corrected chi connectivity index (χ0v) is 16.2. The highest BCUT2D eigenvalue weighted by molar-refractivity contribution is 9.10. The van der Waals surface area contributed by atoms with Crippen LogP contribution < -0.4 is 10.2 Å². The molecule has 1 amide bonds. The largest absolute Gasteiger partial charge is 0.341 e. The van der Waals surface area contributed by atoms with Gasteiger partial charge in [0.05, 0.1) is 30.3 Å². The highest BCUT2D eigenvalue weighted by atomic mass is 79.9. The van der Waals surface area contributed by atoms with Gasteiger partial charge < -0.3 is 10.2 Å². The van der Waals surface area contributed by atoms with Gasteiger partial charge in [-0.1, -0.05) is 0 Å². The number of halogens is 1. The van der Waals surface area contributed by atoms with Gasteiger partial charge in [0.1, 0.15) is 10.3 Å². The fraction of sp³-hybridized carbons (Fsp3) is 0.294. The van der Waals surface area contributed by atoms with Gasteiger partial charge in [0.15, 0.2) is 0 Å². The summed E-state index contributed by atoms with van der Waals surface area (Å²) in [6, 6.07) is -0.0632. The normalized spacial score (nSPS) is 14.5. The van der Waals surface area contributed by atoms with Crippen molar-refractivity contribution in [3.05, 3.63) is 53.0 Å². The minimum Gasteiger partial charge on any atom is -0.341 e. The second-order valence-corrected chi connectivity index (χ2v) is 7.04. The smallest absolute Gasteiger partial charge is 0.275 e. The molecule has 0 saturated carbocycles. The maximum atomic E-state index is 12.3. The van der Waals surface area contributed by atoms with Crippen LogP contribution in [0.3, 0.4) is 0 Å².